The number of rotatable bonds is 5. The molecule has 1 saturated carbocycles. The zero-order chi connectivity index (χ0) is 19.5. The summed E-state index contributed by atoms with van der Waals surface area (Å²) in [5, 5.41) is 13.4. The second-order valence-electron chi connectivity index (χ2n) is 8.01. The van der Waals surface area contributed by atoms with Crippen molar-refractivity contribution in [1.29, 1.82) is 0 Å². The molecule has 2 heterocycles. The zero-order valence-electron chi connectivity index (χ0n) is 16.7. The summed E-state index contributed by atoms with van der Waals surface area (Å²) in [5.41, 5.74) is 2.29. The van der Waals surface area contributed by atoms with E-state index in [-0.39, 0.29) is 11.6 Å². The van der Waals surface area contributed by atoms with Crippen LogP contribution in [-0.4, -0.2) is 51.4 Å². The van der Waals surface area contributed by atoms with Crippen molar-refractivity contribution < 1.29 is 4.74 Å². The molecule has 2 fully saturated rings. The summed E-state index contributed by atoms with van der Waals surface area (Å²) < 4.78 is 7.71. The van der Waals surface area contributed by atoms with Crippen LogP contribution in [0.25, 0.3) is 0 Å². The second kappa shape index (κ2) is 8.05. The van der Waals surface area contributed by atoms with Gasteiger partial charge < -0.3 is 4.74 Å². The smallest absolute Gasteiger partial charge is 0.172 e. The van der Waals surface area contributed by atoms with E-state index in [0.717, 1.165) is 45.0 Å². The number of tetrazole rings is 1. The Balaban J connectivity index is 1.63. The molecule has 0 unspecified atom stereocenters. The van der Waals surface area contributed by atoms with E-state index < -0.39 is 0 Å². The van der Waals surface area contributed by atoms with E-state index in [0.29, 0.717) is 0 Å². The lowest BCUT2D eigenvalue weighted by Crippen LogP contribution is -2.51. The van der Waals surface area contributed by atoms with Crippen molar-refractivity contribution >= 4 is 0 Å². The SMILES string of the molecule is c1ccc(C(c2ccccc2)n2nnnc2C2(N3CCOCC3)CCCC2)cc1. The highest BCUT2D eigenvalue weighted by atomic mass is 16.5. The third kappa shape index (κ3) is 3.36. The first-order chi connectivity index (χ1) is 14.4. The van der Waals surface area contributed by atoms with Crippen molar-refractivity contribution in [2.24, 2.45) is 0 Å². The number of aromatic nitrogens is 4. The van der Waals surface area contributed by atoms with Crippen molar-refractivity contribution in [3.05, 3.63) is 77.6 Å². The van der Waals surface area contributed by atoms with E-state index in [1.54, 1.807) is 0 Å². The Morgan fingerprint density at radius 2 is 1.41 bits per heavy atom. The highest BCUT2D eigenvalue weighted by molar-refractivity contribution is 5.33. The Hall–Kier alpha value is -2.57. The predicted molar refractivity (Wildman–Crippen MR) is 110 cm³/mol. The minimum Gasteiger partial charge on any atom is -0.379 e. The summed E-state index contributed by atoms with van der Waals surface area (Å²) in [5.74, 6) is 0.995. The molecule has 0 bridgehead atoms. The number of ether oxygens (including phenoxy) is 1. The van der Waals surface area contributed by atoms with Gasteiger partial charge in [0.2, 0.25) is 0 Å². The van der Waals surface area contributed by atoms with Crippen LogP contribution >= 0.6 is 0 Å². The minimum absolute atomic E-state index is 0.0408. The Kier molecular flexibility index (Phi) is 5.12. The van der Waals surface area contributed by atoms with Gasteiger partial charge in [-0.1, -0.05) is 73.5 Å². The van der Waals surface area contributed by atoms with Gasteiger partial charge in [-0.05, 0) is 34.4 Å². The van der Waals surface area contributed by atoms with Crippen LogP contribution in [0.4, 0.5) is 0 Å². The summed E-state index contributed by atoms with van der Waals surface area (Å²) >= 11 is 0. The lowest BCUT2D eigenvalue weighted by atomic mass is 9.91. The second-order valence-corrected chi connectivity index (χ2v) is 8.01. The maximum Gasteiger partial charge on any atom is 0.172 e. The van der Waals surface area contributed by atoms with Gasteiger partial charge in [0.15, 0.2) is 5.82 Å². The molecule has 5 rings (SSSR count). The topological polar surface area (TPSA) is 56.1 Å². The summed E-state index contributed by atoms with van der Waals surface area (Å²) in [6.07, 6.45) is 4.63. The Morgan fingerprint density at radius 3 is 2.00 bits per heavy atom. The van der Waals surface area contributed by atoms with Gasteiger partial charge >= 0.3 is 0 Å². The Bertz CT molecular complexity index is 875. The van der Waals surface area contributed by atoms with Gasteiger partial charge in [-0.2, -0.15) is 0 Å². The van der Waals surface area contributed by atoms with E-state index in [1.807, 2.05) is 0 Å². The first-order valence-electron chi connectivity index (χ1n) is 10.6. The van der Waals surface area contributed by atoms with Crippen molar-refractivity contribution in [3.63, 3.8) is 0 Å². The van der Waals surface area contributed by atoms with Crippen molar-refractivity contribution in [2.45, 2.75) is 37.3 Å². The molecule has 29 heavy (non-hydrogen) atoms. The average molecular weight is 390 g/mol. The van der Waals surface area contributed by atoms with E-state index in [1.165, 1.54) is 24.0 Å². The molecular formula is C23H27N5O. The average Bonchev–Trinajstić information content (AvgIpc) is 3.47. The van der Waals surface area contributed by atoms with E-state index >= 15 is 0 Å². The van der Waals surface area contributed by atoms with Crippen molar-refractivity contribution in [1.82, 2.24) is 25.1 Å². The van der Waals surface area contributed by atoms with E-state index in [9.17, 15) is 0 Å². The molecule has 1 aromatic heterocycles. The van der Waals surface area contributed by atoms with Crippen molar-refractivity contribution in [2.75, 3.05) is 26.3 Å². The van der Waals surface area contributed by atoms with Crippen LogP contribution in [0.15, 0.2) is 60.7 Å². The van der Waals surface area contributed by atoms with Crippen LogP contribution in [0.1, 0.15) is 48.7 Å². The fourth-order valence-corrected chi connectivity index (χ4v) is 5.05. The number of hydrogen-bond donors (Lipinski definition) is 0. The fraction of sp³-hybridized carbons (Fsp3) is 0.435. The molecule has 2 aliphatic rings. The van der Waals surface area contributed by atoms with Gasteiger partial charge in [-0.25, -0.2) is 4.68 Å². The van der Waals surface area contributed by atoms with Crippen LogP contribution < -0.4 is 0 Å². The monoisotopic (exact) mass is 389 g/mol. The standard InChI is InChI=1S/C23H27N5O/c1-3-9-19(10-4-1)21(20-11-5-2-6-12-20)28-22(24-25-26-28)23(13-7-8-14-23)27-15-17-29-18-16-27/h1-6,9-12,21H,7-8,13-18H2. The molecule has 150 valence electrons. The van der Waals surface area contributed by atoms with Crippen molar-refractivity contribution in [3.8, 4) is 0 Å². The lowest BCUT2D eigenvalue weighted by molar-refractivity contribution is -0.0283. The van der Waals surface area contributed by atoms with Gasteiger partial charge in [0, 0.05) is 13.1 Å². The number of hydrogen-bond acceptors (Lipinski definition) is 5. The van der Waals surface area contributed by atoms with Crippen LogP contribution in [-0.2, 0) is 10.3 Å². The van der Waals surface area contributed by atoms with Crippen LogP contribution in [0, 0.1) is 0 Å². The Labute approximate surface area is 171 Å². The molecule has 6 nitrogen and oxygen atoms in total. The molecule has 0 spiro atoms. The summed E-state index contributed by atoms with van der Waals surface area (Å²) in [4.78, 5) is 2.57. The van der Waals surface area contributed by atoms with Gasteiger partial charge in [-0.15, -0.1) is 5.10 Å². The molecule has 2 aromatic carbocycles. The maximum atomic E-state index is 5.64. The minimum atomic E-state index is -0.102. The maximum absolute atomic E-state index is 5.64. The van der Waals surface area contributed by atoms with Gasteiger partial charge in [0.25, 0.3) is 0 Å². The van der Waals surface area contributed by atoms with Crippen LogP contribution in [0.2, 0.25) is 0 Å². The quantitative estimate of drug-likeness (QED) is 0.669. The van der Waals surface area contributed by atoms with E-state index in [4.69, 9.17) is 4.74 Å². The third-order valence-corrected chi connectivity index (χ3v) is 6.43. The van der Waals surface area contributed by atoms with Gasteiger partial charge in [0.1, 0.15) is 6.04 Å². The number of nitrogens with zero attached hydrogens (tertiary/aromatic N) is 5. The molecule has 3 aromatic rings. The summed E-state index contributed by atoms with van der Waals surface area (Å²) in [6.45, 7) is 3.44. The number of morpholine rings is 1. The summed E-state index contributed by atoms with van der Waals surface area (Å²) in [6, 6.07) is 21.1. The first-order valence-corrected chi connectivity index (χ1v) is 10.6. The fourth-order valence-electron chi connectivity index (χ4n) is 5.05. The lowest BCUT2D eigenvalue weighted by Gasteiger charge is -2.42. The Morgan fingerprint density at radius 1 is 0.828 bits per heavy atom. The van der Waals surface area contributed by atoms with Crippen LogP contribution in [0.3, 0.4) is 0 Å². The molecule has 0 N–H and O–H groups in total. The molecule has 6 heteroatoms. The molecule has 0 atom stereocenters. The van der Waals surface area contributed by atoms with Crippen LogP contribution in [0.5, 0.6) is 0 Å². The molecule has 1 aliphatic heterocycles. The van der Waals surface area contributed by atoms with E-state index in [2.05, 4.69) is 85.8 Å². The van der Waals surface area contributed by atoms with Gasteiger partial charge in [0.05, 0.1) is 18.8 Å². The number of benzene rings is 2. The predicted octanol–water partition coefficient (Wildman–Crippen LogP) is 3.41. The molecular weight excluding hydrogens is 362 g/mol. The molecule has 0 amide bonds. The highest BCUT2D eigenvalue weighted by Crippen LogP contribution is 2.44. The summed E-state index contributed by atoms with van der Waals surface area (Å²) in [7, 11) is 0. The van der Waals surface area contributed by atoms with Gasteiger partial charge in [-0.3, -0.25) is 4.90 Å². The normalized spacial score (nSPS) is 19.6. The first kappa shape index (κ1) is 18.5. The molecule has 0 radical (unpaired) electrons. The molecule has 1 aliphatic carbocycles. The largest absolute Gasteiger partial charge is 0.379 e. The zero-order valence-corrected chi connectivity index (χ0v) is 16.7. The molecule has 1 saturated heterocycles. The highest BCUT2D eigenvalue weighted by Gasteiger charge is 2.46. The third-order valence-electron chi connectivity index (χ3n) is 6.43.